The maximum atomic E-state index is 12.5. The average Bonchev–Trinajstić information content (AvgIpc) is 2.67. The summed E-state index contributed by atoms with van der Waals surface area (Å²) >= 11 is 0. The fraction of sp³-hybridized carbons (Fsp3) is 0.929. The quantitative estimate of drug-likeness (QED) is 0.802. The van der Waals surface area contributed by atoms with Crippen LogP contribution in [0.2, 0.25) is 0 Å². The van der Waals surface area contributed by atoms with E-state index in [-0.39, 0.29) is 24.2 Å². The first-order valence-electron chi connectivity index (χ1n) is 7.30. The smallest absolute Gasteiger partial charge is 0.241 e. The second-order valence-electron chi connectivity index (χ2n) is 6.02. The van der Waals surface area contributed by atoms with Crippen LogP contribution in [0.15, 0.2) is 0 Å². The summed E-state index contributed by atoms with van der Waals surface area (Å²) in [4.78, 5) is 14.6. The van der Waals surface area contributed by atoms with Gasteiger partial charge in [-0.25, -0.2) is 0 Å². The van der Waals surface area contributed by atoms with E-state index in [2.05, 4.69) is 31.0 Å². The number of carbonyl (C=O) groups is 1. The van der Waals surface area contributed by atoms with Crippen LogP contribution in [0.3, 0.4) is 0 Å². The predicted octanol–water partition coefficient (Wildman–Crippen LogP) is 1.48. The Morgan fingerprint density at radius 2 is 1.94 bits per heavy atom. The van der Waals surface area contributed by atoms with Crippen molar-refractivity contribution in [1.29, 1.82) is 0 Å². The number of nitrogens with zero attached hydrogens (tertiary/aromatic N) is 1. The van der Waals surface area contributed by atoms with E-state index in [4.69, 9.17) is 0 Å². The molecule has 2 fully saturated rings. The Kier molecular flexibility index (Phi) is 4.28. The molecule has 2 atom stereocenters. The Bertz CT molecular complexity index is 298. The topological polar surface area (TPSA) is 52.6 Å². The summed E-state index contributed by atoms with van der Waals surface area (Å²) in [6.07, 6.45) is 4.52. The van der Waals surface area contributed by atoms with Gasteiger partial charge in [0.2, 0.25) is 5.91 Å². The SMILES string of the molecule is CCC1NC(C(C)C)C(=O)N1C1CCC(O)CC1. The van der Waals surface area contributed by atoms with E-state index in [9.17, 15) is 9.90 Å². The maximum Gasteiger partial charge on any atom is 0.241 e. The minimum absolute atomic E-state index is 0.0261. The van der Waals surface area contributed by atoms with Crippen LogP contribution in [-0.2, 0) is 4.79 Å². The van der Waals surface area contributed by atoms with Gasteiger partial charge in [-0.15, -0.1) is 0 Å². The molecule has 1 amide bonds. The molecule has 1 aliphatic carbocycles. The van der Waals surface area contributed by atoms with Crippen LogP contribution in [0.1, 0.15) is 52.9 Å². The summed E-state index contributed by atoms with van der Waals surface area (Å²) in [5, 5.41) is 13.0. The Hall–Kier alpha value is -0.610. The molecular formula is C14H26N2O2. The first kappa shape index (κ1) is 13.8. The summed E-state index contributed by atoms with van der Waals surface area (Å²) in [7, 11) is 0. The number of amides is 1. The molecule has 18 heavy (non-hydrogen) atoms. The number of nitrogens with one attached hydrogen (secondary N) is 1. The van der Waals surface area contributed by atoms with Gasteiger partial charge in [0, 0.05) is 6.04 Å². The summed E-state index contributed by atoms with van der Waals surface area (Å²) in [5.74, 6) is 0.601. The molecule has 0 spiro atoms. The molecular weight excluding hydrogens is 228 g/mol. The van der Waals surface area contributed by atoms with Gasteiger partial charge in [-0.3, -0.25) is 10.1 Å². The summed E-state index contributed by atoms with van der Waals surface area (Å²) in [5.41, 5.74) is 0. The van der Waals surface area contributed by atoms with Crippen LogP contribution in [0, 0.1) is 5.92 Å². The zero-order chi connectivity index (χ0) is 13.3. The Morgan fingerprint density at radius 3 is 2.44 bits per heavy atom. The van der Waals surface area contributed by atoms with Crippen molar-refractivity contribution in [2.45, 2.75) is 77.2 Å². The molecule has 104 valence electrons. The van der Waals surface area contributed by atoms with E-state index in [1.54, 1.807) is 0 Å². The van der Waals surface area contributed by atoms with E-state index in [1.807, 2.05) is 0 Å². The van der Waals surface area contributed by atoms with Crippen molar-refractivity contribution in [3.05, 3.63) is 0 Å². The normalized spacial score (nSPS) is 37.6. The number of carbonyl (C=O) groups excluding carboxylic acids is 1. The molecule has 2 aliphatic rings. The van der Waals surface area contributed by atoms with Crippen molar-refractivity contribution in [3.8, 4) is 0 Å². The highest BCUT2D eigenvalue weighted by atomic mass is 16.3. The van der Waals surface area contributed by atoms with E-state index < -0.39 is 0 Å². The lowest BCUT2D eigenvalue weighted by atomic mass is 9.91. The van der Waals surface area contributed by atoms with E-state index >= 15 is 0 Å². The fourth-order valence-corrected chi connectivity index (χ4v) is 3.24. The largest absolute Gasteiger partial charge is 0.393 e. The van der Waals surface area contributed by atoms with Gasteiger partial charge in [-0.05, 0) is 38.0 Å². The predicted molar refractivity (Wildman–Crippen MR) is 70.9 cm³/mol. The van der Waals surface area contributed by atoms with Gasteiger partial charge in [0.05, 0.1) is 18.3 Å². The van der Waals surface area contributed by atoms with Crippen molar-refractivity contribution in [2.24, 2.45) is 5.92 Å². The molecule has 2 rings (SSSR count). The van der Waals surface area contributed by atoms with Crippen molar-refractivity contribution in [1.82, 2.24) is 10.2 Å². The number of aliphatic hydroxyl groups is 1. The number of hydrogen-bond donors (Lipinski definition) is 2. The Labute approximate surface area is 110 Å². The molecule has 1 heterocycles. The molecule has 1 aliphatic heterocycles. The summed E-state index contributed by atoms with van der Waals surface area (Å²) in [6, 6.07) is 0.295. The fourth-order valence-electron chi connectivity index (χ4n) is 3.24. The zero-order valence-electron chi connectivity index (χ0n) is 11.7. The average molecular weight is 254 g/mol. The lowest BCUT2D eigenvalue weighted by molar-refractivity contribution is -0.134. The van der Waals surface area contributed by atoms with Crippen LogP contribution in [0.5, 0.6) is 0 Å². The van der Waals surface area contributed by atoms with Gasteiger partial charge >= 0.3 is 0 Å². The van der Waals surface area contributed by atoms with Crippen LogP contribution in [-0.4, -0.2) is 40.3 Å². The van der Waals surface area contributed by atoms with Crippen LogP contribution < -0.4 is 5.32 Å². The van der Waals surface area contributed by atoms with Gasteiger partial charge in [0.15, 0.2) is 0 Å². The molecule has 0 aromatic carbocycles. The Balaban J connectivity index is 2.07. The highest BCUT2D eigenvalue weighted by molar-refractivity contribution is 5.85. The second-order valence-corrected chi connectivity index (χ2v) is 6.02. The van der Waals surface area contributed by atoms with Gasteiger partial charge < -0.3 is 10.0 Å². The van der Waals surface area contributed by atoms with E-state index in [1.165, 1.54) is 0 Å². The highest BCUT2D eigenvalue weighted by Gasteiger charge is 2.43. The van der Waals surface area contributed by atoms with E-state index in [0.717, 1.165) is 32.1 Å². The van der Waals surface area contributed by atoms with Crippen molar-refractivity contribution >= 4 is 5.91 Å². The molecule has 2 N–H and O–H groups in total. The lowest BCUT2D eigenvalue weighted by Crippen LogP contribution is -2.46. The van der Waals surface area contributed by atoms with Crippen molar-refractivity contribution < 1.29 is 9.90 Å². The standard InChI is InChI=1S/C14H26N2O2/c1-4-12-15-13(9(2)3)14(18)16(12)10-5-7-11(17)8-6-10/h9-13,15,17H,4-8H2,1-3H3. The third kappa shape index (κ3) is 2.54. The maximum absolute atomic E-state index is 12.5. The summed E-state index contributed by atoms with van der Waals surface area (Å²) in [6.45, 7) is 6.31. The first-order chi connectivity index (χ1) is 8.54. The highest BCUT2D eigenvalue weighted by Crippen LogP contribution is 2.29. The molecule has 1 saturated carbocycles. The number of hydrogen-bond acceptors (Lipinski definition) is 3. The number of rotatable bonds is 3. The van der Waals surface area contributed by atoms with Gasteiger partial charge in [-0.1, -0.05) is 20.8 Å². The molecule has 4 nitrogen and oxygen atoms in total. The minimum atomic E-state index is -0.159. The first-order valence-corrected chi connectivity index (χ1v) is 7.30. The van der Waals surface area contributed by atoms with Crippen LogP contribution in [0.25, 0.3) is 0 Å². The Morgan fingerprint density at radius 1 is 1.33 bits per heavy atom. The molecule has 1 saturated heterocycles. The van der Waals surface area contributed by atoms with Crippen LogP contribution >= 0.6 is 0 Å². The molecule has 4 heteroatoms. The van der Waals surface area contributed by atoms with Crippen molar-refractivity contribution in [3.63, 3.8) is 0 Å². The molecule has 0 radical (unpaired) electrons. The monoisotopic (exact) mass is 254 g/mol. The van der Waals surface area contributed by atoms with Crippen LogP contribution in [0.4, 0.5) is 0 Å². The number of aliphatic hydroxyl groups excluding tert-OH is 1. The molecule has 0 aromatic rings. The zero-order valence-corrected chi connectivity index (χ0v) is 11.7. The molecule has 0 bridgehead atoms. The molecule has 2 unspecified atom stereocenters. The van der Waals surface area contributed by atoms with E-state index in [0.29, 0.717) is 12.0 Å². The minimum Gasteiger partial charge on any atom is -0.393 e. The second kappa shape index (κ2) is 5.57. The third-order valence-corrected chi connectivity index (χ3v) is 4.34. The van der Waals surface area contributed by atoms with Crippen molar-refractivity contribution in [2.75, 3.05) is 0 Å². The summed E-state index contributed by atoms with van der Waals surface area (Å²) < 4.78 is 0. The van der Waals surface area contributed by atoms with Gasteiger partial charge in [-0.2, -0.15) is 0 Å². The third-order valence-electron chi connectivity index (χ3n) is 4.34. The van der Waals surface area contributed by atoms with Gasteiger partial charge in [0.25, 0.3) is 0 Å². The van der Waals surface area contributed by atoms with Gasteiger partial charge in [0.1, 0.15) is 0 Å². The lowest BCUT2D eigenvalue weighted by Gasteiger charge is -2.36. The molecule has 0 aromatic heterocycles.